The van der Waals surface area contributed by atoms with Crippen LogP contribution in [0, 0.1) is 33.6 Å². The number of nitrogens with one attached hydrogen (secondary N) is 1. The molecule has 0 radical (unpaired) electrons. The van der Waals surface area contributed by atoms with Crippen LogP contribution in [0.5, 0.6) is 0 Å². The smallest absolute Gasteiger partial charge is 0.424 e. The van der Waals surface area contributed by atoms with Gasteiger partial charge in [0, 0.05) is 19.0 Å². The van der Waals surface area contributed by atoms with Crippen molar-refractivity contribution < 1.29 is 19.1 Å². The van der Waals surface area contributed by atoms with Crippen LogP contribution >= 0.6 is 0 Å². The second kappa shape index (κ2) is 6.99. The Labute approximate surface area is 166 Å². The molecular formula is C22H30N2O4. The van der Waals surface area contributed by atoms with Gasteiger partial charge in [-0.1, -0.05) is 0 Å². The van der Waals surface area contributed by atoms with E-state index in [1.165, 1.54) is 27.8 Å². The topological polar surface area (TPSA) is 75.7 Å². The predicted octanol–water partition coefficient (Wildman–Crippen LogP) is 3.76. The average molecular weight is 386 g/mol. The highest BCUT2D eigenvalue weighted by Gasteiger charge is 2.46. The van der Waals surface area contributed by atoms with E-state index in [0.29, 0.717) is 17.9 Å². The van der Waals surface area contributed by atoms with Gasteiger partial charge in [-0.2, -0.15) is 4.90 Å². The summed E-state index contributed by atoms with van der Waals surface area (Å²) in [5, 5.41) is 3.47. The molecule has 3 rings (SSSR count). The van der Waals surface area contributed by atoms with Gasteiger partial charge < -0.3 is 10.1 Å². The Morgan fingerprint density at radius 2 is 1.64 bits per heavy atom. The summed E-state index contributed by atoms with van der Waals surface area (Å²) < 4.78 is 5.30. The minimum Gasteiger partial charge on any atom is -0.443 e. The molecule has 2 heterocycles. The highest BCUT2D eigenvalue weighted by Crippen LogP contribution is 2.41. The van der Waals surface area contributed by atoms with Crippen LogP contribution in [0.25, 0.3) is 0 Å². The molecule has 2 aliphatic heterocycles. The van der Waals surface area contributed by atoms with E-state index in [1.54, 1.807) is 20.8 Å². The predicted molar refractivity (Wildman–Crippen MR) is 106 cm³/mol. The highest BCUT2D eigenvalue weighted by atomic mass is 16.6. The number of ether oxygens (including phenoxy) is 1. The van der Waals surface area contributed by atoms with Crippen LogP contribution < -0.4 is 5.32 Å². The first-order valence-electron chi connectivity index (χ1n) is 9.86. The third-order valence-electron chi connectivity index (χ3n) is 6.11. The molecule has 0 aromatic heterocycles. The fourth-order valence-electron chi connectivity index (χ4n) is 4.34. The van der Waals surface area contributed by atoms with Crippen LogP contribution in [0.3, 0.4) is 0 Å². The standard InChI is InChI=1S/C22H30N2O4/c1-11-12(2)14(4)18-16(13(11)3)10-23-19(18)15-8-9-17(25)24(20(15)26)21(27)28-22(5,6)7/h15,19,23H,8-10H2,1-7H3. The van der Waals surface area contributed by atoms with Crippen molar-refractivity contribution in [3.63, 3.8) is 0 Å². The van der Waals surface area contributed by atoms with E-state index >= 15 is 0 Å². The SMILES string of the molecule is Cc1c(C)c(C)c2c(c1C)CNC2C1CCC(=O)N(C(=O)OC(C)(C)C)C1=O. The zero-order chi connectivity index (χ0) is 21.0. The van der Waals surface area contributed by atoms with E-state index in [9.17, 15) is 14.4 Å². The third-order valence-corrected chi connectivity index (χ3v) is 6.11. The molecule has 1 saturated heterocycles. The van der Waals surface area contributed by atoms with Gasteiger partial charge in [-0.3, -0.25) is 9.59 Å². The van der Waals surface area contributed by atoms with Crippen molar-refractivity contribution >= 4 is 17.9 Å². The number of carbonyl (C=O) groups is 3. The Morgan fingerprint density at radius 1 is 1.04 bits per heavy atom. The Hall–Kier alpha value is -2.21. The van der Waals surface area contributed by atoms with Crippen molar-refractivity contribution in [2.75, 3.05) is 0 Å². The maximum Gasteiger partial charge on any atom is 0.424 e. The summed E-state index contributed by atoms with van der Waals surface area (Å²) in [7, 11) is 0. The molecule has 0 aliphatic carbocycles. The largest absolute Gasteiger partial charge is 0.443 e. The minimum absolute atomic E-state index is 0.159. The molecule has 1 aromatic carbocycles. The van der Waals surface area contributed by atoms with E-state index in [-0.39, 0.29) is 12.5 Å². The number of rotatable bonds is 1. The maximum absolute atomic E-state index is 13.2. The van der Waals surface area contributed by atoms with Crippen LogP contribution in [0.2, 0.25) is 0 Å². The van der Waals surface area contributed by atoms with Gasteiger partial charge in [0.15, 0.2) is 0 Å². The number of imide groups is 3. The Morgan fingerprint density at radius 3 is 2.25 bits per heavy atom. The van der Waals surface area contributed by atoms with E-state index in [1.807, 2.05) is 0 Å². The van der Waals surface area contributed by atoms with Gasteiger partial charge in [0.1, 0.15) is 5.60 Å². The monoisotopic (exact) mass is 386 g/mol. The number of fused-ring (bicyclic) bond motifs is 1. The summed E-state index contributed by atoms with van der Waals surface area (Å²) in [6.45, 7) is 14.3. The number of piperidine rings is 1. The first kappa shape index (κ1) is 20.5. The third kappa shape index (κ3) is 3.34. The number of amides is 3. The van der Waals surface area contributed by atoms with Crippen molar-refractivity contribution in [2.24, 2.45) is 5.92 Å². The molecule has 0 bridgehead atoms. The molecule has 6 heteroatoms. The molecule has 1 fully saturated rings. The van der Waals surface area contributed by atoms with Crippen molar-refractivity contribution in [1.29, 1.82) is 0 Å². The summed E-state index contributed by atoms with van der Waals surface area (Å²) >= 11 is 0. The van der Waals surface area contributed by atoms with Gasteiger partial charge in [-0.15, -0.1) is 0 Å². The molecule has 3 amide bonds. The van der Waals surface area contributed by atoms with Gasteiger partial charge in [-0.05, 0) is 88.3 Å². The van der Waals surface area contributed by atoms with Crippen molar-refractivity contribution in [2.45, 2.75) is 79.5 Å². The summed E-state index contributed by atoms with van der Waals surface area (Å²) in [5.74, 6) is -1.42. The number of carbonyl (C=O) groups excluding carboxylic acids is 3. The van der Waals surface area contributed by atoms with Gasteiger partial charge in [-0.25, -0.2) is 4.79 Å². The summed E-state index contributed by atoms with van der Waals surface area (Å²) in [5.41, 5.74) is 6.55. The molecule has 1 N–H and O–H groups in total. The van der Waals surface area contributed by atoms with E-state index in [4.69, 9.17) is 4.74 Å². The molecule has 2 aliphatic rings. The molecule has 0 saturated carbocycles. The second-order valence-electron chi connectivity index (χ2n) is 8.94. The van der Waals surface area contributed by atoms with Crippen LogP contribution in [-0.4, -0.2) is 28.4 Å². The molecule has 0 spiro atoms. The van der Waals surface area contributed by atoms with Crippen molar-refractivity contribution in [1.82, 2.24) is 10.2 Å². The maximum atomic E-state index is 13.2. The number of benzene rings is 1. The Balaban J connectivity index is 1.96. The molecule has 6 nitrogen and oxygen atoms in total. The van der Waals surface area contributed by atoms with Crippen LogP contribution in [-0.2, 0) is 20.9 Å². The quantitative estimate of drug-likeness (QED) is 0.744. The normalized spacial score (nSPS) is 22.5. The lowest BCUT2D eigenvalue weighted by Gasteiger charge is -2.34. The zero-order valence-electron chi connectivity index (χ0n) is 17.9. The lowest BCUT2D eigenvalue weighted by Crippen LogP contribution is -2.52. The highest BCUT2D eigenvalue weighted by molar-refractivity contribution is 6.11. The van der Waals surface area contributed by atoms with Gasteiger partial charge in [0.05, 0.1) is 5.92 Å². The van der Waals surface area contributed by atoms with E-state index < -0.39 is 29.4 Å². The Kier molecular flexibility index (Phi) is 5.13. The lowest BCUT2D eigenvalue weighted by atomic mass is 9.81. The fourth-order valence-corrected chi connectivity index (χ4v) is 4.34. The Bertz CT molecular complexity index is 867. The van der Waals surface area contributed by atoms with Crippen molar-refractivity contribution in [3.8, 4) is 0 Å². The van der Waals surface area contributed by atoms with Gasteiger partial charge in [0.2, 0.25) is 11.8 Å². The molecular weight excluding hydrogens is 356 g/mol. The first-order chi connectivity index (χ1) is 12.9. The lowest BCUT2D eigenvalue weighted by molar-refractivity contribution is -0.150. The average Bonchev–Trinajstić information content (AvgIpc) is 3.01. The fraction of sp³-hybridized carbons (Fsp3) is 0.591. The number of likely N-dealkylation sites (tertiary alicyclic amines) is 1. The van der Waals surface area contributed by atoms with Gasteiger partial charge >= 0.3 is 6.09 Å². The summed E-state index contributed by atoms with van der Waals surface area (Å²) in [6.07, 6.45) is -0.288. The number of hydrogen-bond acceptors (Lipinski definition) is 5. The molecule has 1 aromatic rings. The number of hydrogen-bond donors (Lipinski definition) is 1. The van der Waals surface area contributed by atoms with Crippen LogP contribution in [0.15, 0.2) is 0 Å². The minimum atomic E-state index is -0.876. The van der Waals surface area contributed by atoms with Crippen LogP contribution in [0.1, 0.15) is 73.0 Å². The molecule has 28 heavy (non-hydrogen) atoms. The molecule has 2 atom stereocenters. The zero-order valence-corrected chi connectivity index (χ0v) is 17.9. The molecule has 152 valence electrons. The summed E-state index contributed by atoms with van der Waals surface area (Å²) in [6, 6.07) is -0.196. The van der Waals surface area contributed by atoms with Gasteiger partial charge in [0.25, 0.3) is 0 Å². The van der Waals surface area contributed by atoms with E-state index in [2.05, 4.69) is 33.0 Å². The van der Waals surface area contributed by atoms with E-state index in [0.717, 1.165) is 5.56 Å². The second-order valence-corrected chi connectivity index (χ2v) is 8.94. The molecule has 2 unspecified atom stereocenters. The van der Waals surface area contributed by atoms with Crippen molar-refractivity contribution in [3.05, 3.63) is 33.4 Å². The number of nitrogens with zero attached hydrogens (tertiary/aromatic N) is 1. The summed E-state index contributed by atoms with van der Waals surface area (Å²) in [4.78, 5) is 38.7. The first-order valence-corrected chi connectivity index (χ1v) is 9.86. The van der Waals surface area contributed by atoms with Crippen LogP contribution in [0.4, 0.5) is 4.79 Å².